The Bertz CT molecular complexity index is 1700. The van der Waals surface area contributed by atoms with Crippen LogP contribution < -0.4 is 4.72 Å². The van der Waals surface area contributed by atoms with Crippen molar-refractivity contribution in [3.05, 3.63) is 42.0 Å². The van der Waals surface area contributed by atoms with Crippen molar-refractivity contribution in [2.75, 3.05) is 6.61 Å². The van der Waals surface area contributed by atoms with Crippen LogP contribution in [-0.4, -0.2) is 66.8 Å². The molecule has 0 amide bonds. The Hall–Kier alpha value is -2.65. The van der Waals surface area contributed by atoms with Gasteiger partial charge in [0.05, 0.1) is 28.4 Å². The summed E-state index contributed by atoms with van der Waals surface area (Å²) in [6.07, 6.45) is -5.23. The number of benzene rings is 1. The number of Topliss-reactive ketones (excluding diaryl/α,β-unsaturated/α-hetero) is 2. The Morgan fingerprint density at radius 3 is 2.46 bits per heavy atom. The lowest BCUT2D eigenvalue weighted by Crippen LogP contribution is -2.85. The summed E-state index contributed by atoms with van der Waals surface area (Å²) < 4.78 is 80.0. The Morgan fingerprint density at radius 1 is 1.10 bits per heavy atom. The molecule has 3 N–H and O–H groups in total. The first kappa shape index (κ1) is 33.8. The molecule has 10 nitrogen and oxygen atoms in total. The van der Waals surface area contributed by atoms with E-state index in [1.807, 2.05) is 13.8 Å². The molecule has 1 aromatic carbocycles. The maximum atomic E-state index is 14.3. The number of aliphatic hydroxyl groups is 2. The van der Waals surface area contributed by atoms with Crippen molar-refractivity contribution in [1.29, 1.82) is 0 Å². The predicted molar refractivity (Wildman–Crippen MR) is 161 cm³/mol. The van der Waals surface area contributed by atoms with E-state index >= 15 is 0 Å². The molecule has 4 bridgehead atoms. The third kappa shape index (κ3) is 4.37. The zero-order valence-corrected chi connectivity index (χ0v) is 27.5. The first-order chi connectivity index (χ1) is 22.3. The largest absolute Gasteiger partial charge is 0.460 e. The predicted octanol–water partition coefficient (Wildman–Crippen LogP) is 3.69. The van der Waals surface area contributed by atoms with Crippen LogP contribution in [0.5, 0.6) is 0 Å². The van der Waals surface area contributed by atoms with Gasteiger partial charge in [0, 0.05) is 24.3 Å². The van der Waals surface area contributed by atoms with Gasteiger partial charge in [-0.05, 0) is 80.1 Å². The number of alkyl halides is 3. The van der Waals surface area contributed by atoms with Gasteiger partial charge in [0.1, 0.15) is 23.4 Å². The average Bonchev–Trinajstić information content (AvgIpc) is 3.13. The molecule has 48 heavy (non-hydrogen) atoms. The minimum atomic E-state index is -4.71. The molecule has 262 valence electrons. The van der Waals surface area contributed by atoms with Gasteiger partial charge in [0.25, 0.3) is 0 Å². The number of hydrogen-bond acceptors (Lipinski definition) is 9. The number of aliphatic hydroxyl groups excluding tert-OH is 1. The van der Waals surface area contributed by atoms with Crippen molar-refractivity contribution in [1.82, 2.24) is 4.72 Å². The van der Waals surface area contributed by atoms with Crippen LogP contribution in [0.25, 0.3) is 0 Å². The summed E-state index contributed by atoms with van der Waals surface area (Å²) >= 11 is 0. The molecule has 2 saturated heterocycles. The fraction of sp³-hybridized carbons (Fsp3) is 0.676. The number of sulfonamides is 1. The molecule has 5 saturated carbocycles. The van der Waals surface area contributed by atoms with E-state index in [0.29, 0.717) is 25.3 Å². The second-order valence-electron chi connectivity index (χ2n) is 15.4. The van der Waals surface area contributed by atoms with Gasteiger partial charge >= 0.3 is 12.1 Å². The first-order valence-corrected chi connectivity index (χ1v) is 18.0. The SMILES string of the molecule is C=C1C(=O)[C@]23[C@H](OC(=O)C4CCC(NS(=O)(=O)c5cccc(C(F)(F)F)c5)CC4)[C@H]1CC[C@H]2[C@@]12CO[C@@]3(O)[C@@H](O)[C@@H]1C(C)(C)CCC2=O. The number of hydrogen-bond donors (Lipinski definition) is 3. The number of carbonyl (C=O) groups excluding carboxylic acids is 3. The lowest BCUT2D eigenvalue weighted by Gasteiger charge is -2.73. The number of nitrogens with one attached hydrogen (secondary N) is 1. The monoisotopic (exact) mass is 695 g/mol. The molecule has 7 fully saturated rings. The molecule has 8 rings (SSSR count). The van der Waals surface area contributed by atoms with Gasteiger partial charge in [-0.3, -0.25) is 14.4 Å². The van der Waals surface area contributed by atoms with Gasteiger partial charge < -0.3 is 19.7 Å². The molecule has 0 radical (unpaired) electrons. The zero-order valence-electron chi connectivity index (χ0n) is 26.7. The highest BCUT2D eigenvalue weighted by Gasteiger charge is 2.88. The molecule has 0 aromatic heterocycles. The fourth-order valence-corrected chi connectivity index (χ4v) is 11.9. The molecule has 0 unspecified atom stereocenters. The molecule has 2 aliphatic heterocycles. The highest BCUT2D eigenvalue weighted by Crippen LogP contribution is 2.76. The number of esters is 1. The van der Waals surface area contributed by atoms with E-state index in [-0.39, 0.29) is 50.1 Å². The van der Waals surface area contributed by atoms with Crippen LogP contribution in [0.1, 0.15) is 70.8 Å². The van der Waals surface area contributed by atoms with Crippen LogP contribution in [0.15, 0.2) is 41.3 Å². The van der Waals surface area contributed by atoms with Crippen molar-refractivity contribution in [3.63, 3.8) is 0 Å². The molecular formula is C34H40F3NO9S. The summed E-state index contributed by atoms with van der Waals surface area (Å²) in [5.41, 5.74) is -4.64. The topological polar surface area (TPSA) is 156 Å². The van der Waals surface area contributed by atoms with Crippen LogP contribution in [0.4, 0.5) is 13.2 Å². The number of halogens is 3. The summed E-state index contributed by atoms with van der Waals surface area (Å²) in [6.45, 7) is 7.75. The number of ether oxygens (including phenoxy) is 2. The van der Waals surface area contributed by atoms with E-state index in [9.17, 15) is 46.2 Å². The van der Waals surface area contributed by atoms with Gasteiger partial charge in [-0.25, -0.2) is 13.1 Å². The summed E-state index contributed by atoms with van der Waals surface area (Å²) in [4.78, 5) is 41.5. The number of carbonyl (C=O) groups is 3. The van der Waals surface area contributed by atoms with Crippen molar-refractivity contribution in [2.45, 2.75) is 100 Å². The molecule has 7 aliphatic rings. The van der Waals surface area contributed by atoms with Crippen LogP contribution in [0, 0.1) is 39.9 Å². The maximum Gasteiger partial charge on any atom is 0.416 e. The highest BCUT2D eigenvalue weighted by atomic mass is 32.2. The quantitative estimate of drug-likeness (QED) is 0.309. The van der Waals surface area contributed by atoms with Gasteiger partial charge in [0.2, 0.25) is 15.8 Å². The summed E-state index contributed by atoms with van der Waals surface area (Å²) in [7, 11) is -4.28. The van der Waals surface area contributed by atoms with Crippen molar-refractivity contribution >= 4 is 27.6 Å². The lowest BCUT2D eigenvalue weighted by molar-refractivity contribution is -0.437. The second-order valence-corrected chi connectivity index (χ2v) is 17.1. The zero-order chi connectivity index (χ0) is 34.8. The number of fused-ring (bicyclic) bond motifs is 2. The van der Waals surface area contributed by atoms with Crippen molar-refractivity contribution < 1.29 is 55.7 Å². The molecular weight excluding hydrogens is 655 g/mol. The van der Waals surface area contributed by atoms with Crippen molar-refractivity contribution in [2.24, 2.45) is 39.9 Å². The van der Waals surface area contributed by atoms with Crippen LogP contribution in [0.3, 0.4) is 0 Å². The Labute approximate surface area is 276 Å². The molecule has 5 aliphatic carbocycles. The normalized spacial score (nSPS) is 41.9. The summed E-state index contributed by atoms with van der Waals surface area (Å²) in [5.74, 6) is -6.52. The molecule has 2 heterocycles. The van der Waals surface area contributed by atoms with Gasteiger partial charge in [-0.1, -0.05) is 26.5 Å². The van der Waals surface area contributed by atoms with Crippen LogP contribution in [-0.2, 0) is 40.1 Å². The molecule has 8 atom stereocenters. The van der Waals surface area contributed by atoms with E-state index < -0.39 is 102 Å². The molecule has 2 spiro atoms. The Balaban J connectivity index is 1.11. The lowest BCUT2D eigenvalue weighted by atomic mass is 9.36. The minimum absolute atomic E-state index is 0.128. The number of ketones is 2. The third-order valence-corrected chi connectivity index (χ3v) is 14.2. The third-order valence-electron chi connectivity index (χ3n) is 12.7. The van der Waals surface area contributed by atoms with E-state index in [0.717, 1.165) is 18.2 Å². The molecule has 1 aromatic rings. The van der Waals surface area contributed by atoms with E-state index in [4.69, 9.17) is 9.47 Å². The van der Waals surface area contributed by atoms with Gasteiger partial charge in [-0.15, -0.1) is 0 Å². The second kappa shape index (κ2) is 10.7. The van der Waals surface area contributed by atoms with E-state index in [1.54, 1.807) is 0 Å². The minimum Gasteiger partial charge on any atom is -0.460 e. The van der Waals surface area contributed by atoms with Crippen LogP contribution >= 0.6 is 0 Å². The smallest absolute Gasteiger partial charge is 0.416 e. The standard InChI is InChI=1S/C34H40F3NO9S/c1-17-22-11-12-23-31-16-46-33(43,27(41)25(31)30(2,3)14-13-24(31)39)32(23,26(17)40)28(22)47-29(42)18-7-9-20(10-8-18)38-48(44,45)21-6-4-5-19(15-21)34(35,36)37/h4-6,15,18,20,22-23,25,27-28,38,41,43H,1,7-14,16H2,2-3H3/t18?,20?,22-,23-,25+,27-,28+,31+,32-,33-/m0/s1. The average molecular weight is 696 g/mol. The Kier molecular flexibility index (Phi) is 7.52. The number of rotatable bonds is 5. The van der Waals surface area contributed by atoms with E-state index in [1.165, 1.54) is 0 Å². The van der Waals surface area contributed by atoms with Crippen LogP contribution in [0.2, 0.25) is 0 Å². The summed E-state index contributed by atoms with van der Waals surface area (Å²) in [6, 6.07) is 2.82. The Morgan fingerprint density at radius 2 is 1.79 bits per heavy atom. The molecule has 14 heteroatoms. The fourth-order valence-electron chi connectivity index (χ4n) is 10.6. The van der Waals surface area contributed by atoms with Gasteiger partial charge in [0.15, 0.2) is 5.78 Å². The highest BCUT2D eigenvalue weighted by molar-refractivity contribution is 7.89. The van der Waals surface area contributed by atoms with E-state index in [2.05, 4.69) is 11.3 Å². The van der Waals surface area contributed by atoms with Gasteiger partial charge in [-0.2, -0.15) is 13.2 Å². The first-order valence-electron chi connectivity index (χ1n) is 16.5. The van der Waals surface area contributed by atoms with Crippen molar-refractivity contribution in [3.8, 4) is 0 Å². The summed E-state index contributed by atoms with van der Waals surface area (Å²) in [5, 5.41) is 24.2. The maximum absolute atomic E-state index is 14.3.